The van der Waals surface area contributed by atoms with Crippen LogP contribution in [0.5, 0.6) is 0 Å². The first-order valence-electron chi connectivity index (χ1n) is 7.97. The molecule has 0 radical (unpaired) electrons. The maximum absolute atomic E-state index is 11.9. The molecule has 124 valence electrons. The number of aryl methyl sites for hydroxylation is 2. The fraction of sp³-hybridized carbons (Fsp3) is 0.278. The first-order valence-corrected chi connectivity index (χ1v) is 8.91. The molecule has 5 nitrogen and oxygen atoms in total. The number of thiophene rings is 1. The van der Waals surface area contributed by atoms with E-state index in [1.54, 1.807) is 11.3 Å². The summed E-state index contributed by atoms with van der Waals surface area (Å²) in [5.74, 6) is 1.02. The molecule has 3 rings (SSSR count). The van der Waals surface area contributed by atoms with E-state index in [1.807, 2.05) is 35.0 Å². The van der Waals surface area contributed by atoms with Gasteiger partial charge in [-0.2, -0.15) is 11.3 Å². The topological polar surface area (TPSA) is 68.0 Å². The number of hydrogen-bond acceptors (Lipinski definition) is 5. The highest BCUT2D eigenvalue weighted by Gasteiger charge is 2.10. The highest BCUT2D eigenvalue weighted by atomic mass is 32.1. The van der Waals surface area contributed by atoms with Crippen molar-refractivity contribution in [2.45, 2.75) is 25.7 Å². The highest BCUT2D eigenvalue weighted by molar-refractivity contribution is 7.08. The number of nitrogens with zero attached hydrogens (tertiary/aromatic N) is 2. The summed E-state index contributed by atoms with van der Waals surface area (Å²) in [5.41, 5.74) is 2.21. The smallest absolute Gasteiger partial charge is 0.248 e. The molecule has 0 aliphatic heterocycles. The zero-order valence-corrected chi connectivity index (χ0v) is 14.1. The lowest BCUT2D eigenvalue weighted by Crippen LogP contribution is -2.25. The standard InChI is InChI=1S/C18H19N3O2S/c22-16(19-11-4-7-14-5-2-1-3-6-14)8-9-17-20-21-18(23-17)15-10-12-24-13-15/h1-3,5-6,10,12-13H,4,7-9,11H2,(H,19,22). The van der Waals surface area contributed by atoms with Crippen LogP contribution in [0.2, 0.25) is 0 Å². The minimum Gasteiger partial charge on any atom is -0.421 e. The van der Waals surface area contributed by atoms with E-state index in [9.17, 15) is 4.79 Å². The van der Waals surface area contributed by atoms with Gasteiger partial charge in [0.15, 0.2) is 0 Å². The monoisotopic (exact) mass is 341 g/mol. The van der Waals surface area contributed by atoms with Crippen molar-refractivity contribution in [3.8, 4) is 11.5 Å². The van der Waals surface area contributed by atoms with Crippen LogP contribution in [-0.4, -0.2) is 22.6 Å². The van der Waals surface area contributed by atoms with Gasteiger partial charge in [0.05, 0.1) is 0 Å². The molecular formula is C18H19N3O2S. The lowest BCUT2D eigenvalue weighted by molar-refractivity contribution is -0.121. The third kappa shape index (κ3) is 4.76. The Labute approximate surface area is 144 Å². The quantitative estimate of drug-likeness (QED) is 0.637. The van der Waals surface area contributed by atoms with Crippen molar-refractivity contribution >= 4 is 17.2 Å². The summed E-state index contributed by atoms with van der Waals surface area (Å²) in [4.78, 5) is 11.9. The minimum atomic E-state index is 0.0124. The number of aromatic nitrogens is 2. The van der Waals surface area contributed by atoms with E-state index < -0.39 is 0 Å². The Bertz CT molecular complexity index is 754. The molecule has 3 aromatic rings. The normalized spacial score (nSPS) is 10.7. The molecule has 24 heavy (non-hydrogen) atoms. The van der Waals surface area contributed by atoms with Crippen molar-refractivity contribution in [2.75, 3.05) is 6.54 Å². The SMILES string of the molecule is O=C(CCc1nnc(-c2ccsc2)o1)NCCCc1ccccc1. The van der Waals surface area contributed by atoms with Crippen LogP contribution < -0.4 is 5.32 Å². The number of hydrogen-bond donors (Lipinski definition) is 1. The van der Waals surface area contributed by atoms with Gasteiger partial charge in [0, 0.05) is 30.3 Å². The second-order valence-electron chi connectivity index (χ2n) is 5.45. The van der Waals surface area contributed by atoms with Gasteiger partial charge < -0.3 is 9.73 Å². The molecule has 0 aliphatic rings. The van der Waals surface area contributed by atoms with Gasteiger partial charge in [0.2, 0.25) is 17.7 Å². The number of carbonyl (C=O) groups is 1. The Morgan fingerprint density at radius 1 is 1.12 bits per heavy atom. The van der Waals surface area contributed by atoms with Gasteiger partial charge in [0.1, 0.15) is 0 Å². The molecule has 2 heterocycles. The molecule has 0 aliphatic carbocycles. The highest BCUT2D eigenvalue weighted by Crippen LogP contribution is 2.20. The van der Waals surface area contributed by atoms with Crippen LogP contribution in [0.4, 0.5) is 0 Å². The Balaban J connectivity index is 1.35. The lowest BCUT2D eigenvalue weighted by atomic mass is 10.1. The van der Waals surface area contributed by atoms with Gasteiger partial charge in [-0.05, 0) is 29.9 Å². The zero-order chi connectivity index (χ0) is 16.6. The van der Waals surface area contributed by atoms with Crippen LogP contribution >= 0.6 is 11.3 Å². The summed E-state index contributed by atoms with van der Waals surface area (Å²) in [7, 11) is 0. The van der Waals surface area contributed by atoms with Crippen molar-refractivity contribution < 1.29 is 9.21 Å². The van der Waals surface area contributed by atoms with Crippen molar-refractivity contribution in [3.63, 3.8) is 0 Å². The van der Waals surface area contributed by atoms with E-state index in [4.69, 9.17) is 4.42 Å². The first-order chi connectivity index (χ1) is 11.8. The predicted octanol–water partition coefficient (Wildman–Crippen LogP) is 3.48. The van der Waals surface area contributed by atoms with E-state index in [-0.39, 0.29) is 5.91 Å². The molecule has 0 fully saturated rings. The third-order valence-corrected chi connectivity index (χ3v) is 4.29. The molecule has 0 unspecified atom stereocenters. The molecule has 0 bridgehead atoms. The second kappa shape index (κ2) is 8.40. The van der Waals surface area contributed by atoms with Crippen molar-refractivity contribution in [1.82, 2.24) is 15.5 Å². The minimum absolute atomic E-state index is 0.0124. The molecule has 0 spiro atoms. The fourth-order valence-electron chi connectivity index (χ4n) is 2.33. The molecule has 1 aromatic carbocycles. The zero-order valence-electron chi connectivity index (χ0n) is 13.3. The maximum atomic E-state index is 11.9. The molecule has 0 saturated carbocycles. The van der Waals surface area contributed by atoms with E-state index >= 15 is 0 Å². The van der Waals surface area contributed by atoms with Crippen LogP contribution in [-0.2, 0) is 17.6 Å². The van der Waals surface area contributed by atoms with Crippen LogP contribution in [0.1, 0.15) is 24.3 Å². The summed E-state index contributed by atoms with van der Waals surface area (Å²) < 4.78 is 5.57. The van der Waals surface area contributed by atoms with Crippen molar-refractivity contribution in [3.05, 3.63) is 58.6 Å². The summed E-state index contributed by atoms with van der Waals surface area (Å²) in [6.07, 6.45) is 2.71. The number of amides is 1. The molecular weight excluding hydrogens is 322 g/mol. The Morgan fingerprint density at radius 2 is 2.00 bits per heavy atom. The van der Waals surface area contributed by atoms with E-state index in [2.05, 4.69) is 27.6 Å². The van der Waals surface area contributed by atoms with Gasteiger partial charge in [-0.15, -0.1) is 10.2 Å². The Kier molecular flexibility index (Phi) is 5.74. The van der Waals surface area contributed by atoms with Gasteiger partial charge >= 0.3 is 0 Å². The summed E-state index contributed by atoms with van der Waals surface area (Å²) in [6.45, 7) is 0.678. The number of carbonyl (C=O) groups excluding carboxylic acids is 1. The molecule has 1 N–H and O–H groups in total. The van der Waals surface area contributed by atoms with Crippen LogP contribution in [0.15, 0.2) is 51.6 Å². The number of nitrogens with one attached hydrogen (secondary N) is 1. The summed E-state index contributed by atoms with van der Waals surface area (Å²) >= 11 is 1.58. The average molecular weight is 341 g/mol. The van der Waals surface area contributed by atoms with Gasteiger partial charge in [-0.3, -0.25) is 4.79 Å². The third-order valence-electron chi connectivity index (χ3n) is 3.61. The number of rotatable bonds is 8. The first kappa shape index (κ1) is 16.4. The van der Waals surface area contributed by atoms with E-state index in [0.717, 1.165) is 18.4 Å². The van der Waals surface area contributed by atoms with Gasteiger partial charge in [-0.1, -0.05) is 30.3 Å². The van der Waals surface area contributed by atoms with Crippen molar-refractivity contribution in [1.29, 1.82) is 0 Å². The summed E-state index contributed by atoms with van der Waals surface area (Å²) in [5, 5.41) is 14.8. The van der Waals surface area contributed by atoms with Crippen LogP contribution in [0.3, 0.4) is 0 Å². The van der Waals surface area contributed by atoms with Crippen molar-refractivity contribution in [2.24, 2.45) is 0 Å². The molecule has 6 heteroatoms. The molecule has 2 aromatic heterocycles. The molecule has 1 amide bonds. The predicted molar refractivity (Wildman–Crippen MR) is 93.7 cm³/mol. The van der Waals surface area contributed by atoms with E-state index in [1.165, 1.54) is 5.56 Å². The largest absolute Gasteiger partial charge is 0.421 e. The van der Waals surface area contributed by atoms with Crippen LogP contribution in [0, 0.1) is 0 Å². The van der Waals surface area contributed by atoms with E-state index in [0.29, 0.717) is 31.2 Å². The Hall–Kier alpha value is -2.47. The Morgan fingerprint density at radius 3 is 2.79 bits per heavy atom. The van der Waals surface area contributed by atoms with Crippen LogP contribution in [0.25, 0.3) is 11.5 Å². The second-order valence-corrected chi connectivity index (χ2v) is 6.23. The maximum Gasteiger partial charge on any atom is 0.248 e. The van der Waals surface area contributed by atoms with Gasteiger partial charge in [0.25, 0.3) is 0 Å². The fourth-order valence-corrected chi connectivity index (χ4v) is 2.96. The molecule has 0 saturated heterocycles. The lowest BCUT2D eigenvalue weighted by Gasteiger charge is -2.04. The summed E-state index contributed by atoms with van der Waals surface area (Å²) in [6, 6.07) is 12.2. The van der Waals surface area contributed by atoms with Gasteiger partial charge in [-0.25, -0.2) is 0 Å². The average Bonchev–Trinajstić information content (AvgIpc) is 3.29. The molecule has 0 atom stereocenters. The number of benzene rings is 1.